The van der Waals surface area contributed by atoms with Gasteiger partial charge < -0.3 is 19.5 Å². The number of piperazine rings is 1. The van der Waals surface area contributed by atoms with Gasteiger partial charge in [0.1, 0.15) is 23.9 Å². The van der Waals surface area contributed by atoms with Gasteiger partial charge in [0.05, 0.1) is 17.9 Å². The maximum absolute atomic E-state index is 12.9. The molecule has 3 heterocycles. The largest absolute Gasteiger partial charge is 0.480 e. The summed E-state index contributed by atoms with van der Waals surface area (Å²) in [4.78, 5) is 27.3. The fraction of sp³-hybridized carbons (Fsp3) is 0.440. The highest BCUT2D eigenvalue weighted by Gasteiger charge is 2.38. The first kappa shape index (κ1) is 27.7. The van der Waals surface area contributed by atoms with Crippen LogP contribution < -0.4 is 9.64 Å². The highest BCUT2D eigenvalue weighted by atomic mass is 19.3. The van der Waals surface area contributed by atoms with Gasteiger partial charge in [0.2, 0.25) is 5.88 Å². The average molecular weight is 546 g/mol. The molecule has 12 nitrogen and oxygen atoms in total. The zero-order valence-electron chi connectivity index (χ0n) is 21.9. The van der Waals surface area contributed by atoms with Crippen molar-refractivity contribution in [1.82, 2.24) is 30.1 Å². The fourth-order valence-electron chi connectivity index (χ4n) is 3.95. The summed E-state index contributed by atoms with van der Waals surface area (Å²) in [5.41, 5.74) is 0.917. The number of halogens is 2. The number of rotatable bonds is 7. The lowest BCUT2D eigenvalue weighted by Gasteiger charge is -2.39. The summed E-state index contributed by atoms with van der Waals surface area (Å²) >= 11 is 0. The first-order chi connectivity index (χ1) is 18.4. The molecule has 0 radical (unpaired) electrons. The summed E-state index contributed by atoms with van der Waals surface area (Å²) in [5.74, 6) is -0.511. The molecule has 1 aliphatic rings. The van der Waals surface area contributed by atoms with Gasteiger partial charge in [0.25, 0.3) is 6.43 Å². The van der Waals surface area contributed by atoms with Gasteiger partial charge in [-0.3, -0.25) is 4.90 Å². The van der Waals surface area contributed by atoms with Crippen molar-refractivity contribution in [2.75, 3.05) is 24.5 Å². The highest BCUT2D eigenvalue weighted by Crippen LogP contribution is 2.23. The first-order valence-electron chi connectivity index (χ1n) is 12.2. The molecule has 4 rings (SSSR count). The number of nitrogens with zero attached hydrogens (tertiary/aromatic N) is 7. The van der Waals surface area contributed by atoms with Crippen LogP contribution in [0.4, 0.5) is 19.4 Å². The number of amides is 1. The predicted octanol–water partition coefficient (Wildman–Crippen LogP) is 3.39. The van der Waals surface area contributed by atoms with E-state index in [2.05, 4.69) is 20.5 Å². The molecule has 14 heteroatoms. The van der Waals surface area contributed by atoms with E-state index in [1.54, 1.807) is 44.7 Å². The molecule has 2 aromatic heterocycles. The Balaban J connectivity index is 1.41. The first-order valence-corrected chi connectivity index (χ1v) is 12.2. The molecule has 1 atom stereocenters. The minimum absolute atomic E-state index is 0.0118. The maximum Gasteiger partial charge on any atom is 0.411 e. The summed E-state index contributed by atoms with van der Waals surface area (Å²) < 4.78 is 38.4. The van der Waals surface area contributed by atoms with E-state index in [1.807, 2.05) is 0 Å². The maximum atomic E-state index is 12.9. The minimum Gasteiger partial charge on any atom is -0.480 e. The molecule has 1 unspecified atom stereocenters. The van der Waals surface area contributed by atoms with Crippen LogP contribution in [0.3, 0.4) is 0 Å². The Bertz CT molecular complexity index is 1310. The topological polar surface area (TPSA) is 136 Å². The molecule has 208 valence electrons. The third-order valence-electron chi connectivity index (χ3n) is 5.95. The van der Waals surface area contributed by atoms with Crippen molar-refractivity contribution in [2.45, 2.75) is 52.4 Å². The Morgan fingerprint density at radius 3 is 2.38 bits per heavy atom. The number of carboxylic acid groups (broad SMARTS) is 1. The number of aliphatic carboxylic acids is 1. The Morgan fingerprint density at radius 2 is 1.79 bits per heavy atom. The standard InChI is InChI=1S/C25H29F2N7O5/c1-15-19(34(31-28-15)17-7-5-16(6-8-17)22(26)27)14-38-21-10-9-20(29-30-21)32-11-12-33(18(13-32)23(35)36)24(37)39-25(2,3)4/h5-10,18,22H,11-14H2,1-4H3,(H,35,36). The van der Waals surface area contributed by atoms with Crippen molar-refractivity contribution >= 4 is 17.9 Å². The lowest BCUT2D eigenvalue weighted by Crippen LogP contribution is -2.59. The number of carboxylic acids is 1. The zero-order chi connectivity index (χ0) is 28.3. The molecular formula is C25H29F2N7O5. The number of ether oxygens (including phenoxy) is 2. The van der Waals surface area contributed by atoms with Crippen LogP contribution in [0.25, 0.3) is 5.69 Å². The third-order valence-corrected chi connectivity index (χ3v) is 5.95. The van der Waals surface area contributed by atoms with E-state index < -0.39 is 30.1 Å². The fourth-order valence-corrected chi connectivity index (χ4v) is 3.95. The quantitative estimate of drug-likeness (QED) is 0.470. The van der Waals surface area contributed by atoms with Crippen molar-refractivity contribution in [1.29, 1.82) is 0 Å². The van der Waals surface area contributed by atoms with Crippen molar-refractivity contribution in [2.24, 2.45) is 0 Å². The molecule has 0 spiro atoms. The molecule has 1 N–H and O–H groups in total. The van der Waals surface area contributed by atoms with E-state index in [0.29, 0.717) is 29.4 Å². The van der Waals surface area contributed by atoms with Crippen LogP contribution in [0, 0.1) is 6.92 Å². The Kier molecular flexibility index (Phi) is 7.93. The molecule has 1 aromatic carbocycles. The zero-order valence-corrected chi connectivity index (χ0v) is 21.9. The number of benzene rings is 1. The number of alkyl halides is 2. The highest BCUT2D eigenvalue weighted by molar-refractivity contribution is 5.81. The predicted molar refractivity (Wildman–Crippen MR) is 134 cm³/mol. The summed E-state index contributed by atoms with van der Waals surface area (Å²) in [6.45, 7) is 7.43. The minimum atomic E-state index is -2.57. The third kappa shape index (κ3) is 6.56. The Hall–Kier alpha value is -4.36. The van der Waals surface area contributed by atoms with E-state index >= 15 is 0 Å². The molecule has 1 amide bonds. The van der Waals surface area contributed by atoms with Crippen LogP contribution >= 0.6 is 0 Å². The van der Waals surface area contributed by atoms with E-state index in [4.69, 9.17) is 9.47 Å². The second-order valence-corrected chi connectivity index (χ2v) is 9.92. The SMILES string of the molecule is Cc1nnn(-c2ccc(C(F)F)cc2)c1COc1ccc(N2CCN(C(=O)OC(C)(C)C)C(C(=O)O)C2)nn1. The Labute approximate surface area is 223 Å². The summed E-state index contributed by atoms with van der Waals surface area (Å²) in [7, 11) is 0. The average Bonchev–Trinajstić information content (AvgIpc) is 3.26. The summed E-state index contributed by atoms with van der Waals surface area (Å²) in [6.07, 6.45) is -3.25. The van der Waals surface area contributed by atoms with Gasteiger partial charge in [-0.1, -0.05) is 17.3 Å². The van der Waals surface area contributed by atoms with E-state index in [1.165, 1.54) is 33.8 Å². The Morgan fingerprint density at radius 1 is 1.08 bits per heavy atom. The molecule has 3 aromatic rings. The van der Waals surface area contributed by atoms with E-state index in [9.17, 15) is 23.5 Å². The molecule has 39 heavy (non-hydrogen) atoms. The number of aryl methyl sites for hydroxylation is 1. The van der Waals surface area contributed by atoms with Gasteiger partial charge >= 0.3 is 12.1 Å². The van der Waals surface area contributed by atoms with E-state index in [0.717, 1.165) is 0 Å². The van der Waals surface area contributed by atoms with Crippen LogP contribution in [0.5, 0.6) is 5.88 Å². The normalized spacial score (nSPS) is 15.9. The van der Waals surface area contributed by atoms with Crippen LogP contribution in [0.15, 0.2) is 36.4 Å². The van der Waals surface area contributed by atoms with Crippen LogP contribution in [0.2, 0.25) is 0 Å². The van der Waals surface area contributed by atoms with Gasteiger partial charge in [0, 0.05) is 24.7 Å². The summed E-state index contributed by atoms with van der Waals surface area (Å²) in [5, 5.41) is 26.1. The van der Waals surface area contributed by atoms with Crippen LogP contribution in [-0.2, 0) is 16.1 Å². The van der Waals surface area contributed by atoms with Gasteiger partial charge in [-0.05, 0) is 45.9 Å². The lowest BCUT2D eigenvalue weighted by atomic mass is 10.1. The van der Waals surface area contributed by atoms with Crippen molar-refractivity contribution in [3.8, 4) is 11.6 Å². The molecular weight excluding hydrogens is 516 g/mol. The van der Waals surface area contributed by atoms with Gasteiger partial charge in [-0.15, -0.1) is 15.3 Å². The lowest BCUT2D eigenvalue weighted by molar-refractivity contribution is -0.143. The van der Waals surface area contributed by atoms with Crippen LogP contribution in [0.1, 0.15) is 44.1 Å². The van der Waals surface area contributed by atoms with Crippen molar-refractivity contribution < 1.29 is 33.0 Å². The number of aromatic nitrogens is 5. The van der Waals surface area contributed by atoms with Crippen molar-refractivity contribution in [3.05, 3.63) is 53.3 Å². The number of anilines is 1. The number of carbonyl (C=O) groups is 2. The summed E-state index contributed by atoms with van der Waals surface area (Å²) in [6, 6.07) is 7.84. The smallest absolute Gasteiger partial charge is 0.411 e. The molecule has 0 bridgehead atoms. The van der Waals surface area contributed by atoms with Gasteiger partial charge in [-0.25, -0.2) is 23.1 Å². The van der Waals surface area contributed by atoms with Crippen molar-refractivity contribution in [3.63, 3.8) is 0 Å². The molecule has 1 fully saturated rings. The number of hydrogen-bond donors (Lipinski definition) is 1. The van der Waals surface area contributed by atoms with Gasteiger partial charge in [0.15, 0.2) is 5.82 Å². The molecule has 1 saturated heterocycles. The van der Waals surface area contributed by atoms with Crippen LogP contribution in [-0.4, -0.2) is 78.5 Å². The molecule has 1 aliphatic heterocycles. The second kappa shape index (κ2) is 11.2. The number of hydrogen-bond acceptors (Lipinski definition) is 9. The van der Waals surface area contributed by atoms with Gasteiger partial charge in [-0.2, -0.15) is 0 Å². The molecule has 0 saturated carbocycles. The molecule has 0 aliphatic carbocycles. The van der Waals surface area contributed by atoms with E-state index in [-0.39, 0.29) is 31.1 Å². The monoisotopic (exact) mass is 545 g/mol. The second-order valence-electron chi connectivity index (χ2n) is 9.92. The number of carbonyl (C=O) groups excluding carboxylic acids is 1.